The van der Waals surface area contributed by atoms with Gasteiger partial charge in [-0.15, -0.1) is 0 Å². The van der Waals surface area contributed by atoms with E-state index in [-0.39, 0.29) is 24.5 Å². The van der Waals surface area contributed by atoms with Gasteiger partial charge in [-0.3, -0.25) is 0 Å². The van der Waals surface area contributed by atoms with Gasteiger partial charge in [0.2, 0.25) is 10.0 Å². The molecule has 0 saturated carbocycles. The number of hydrogen-bond acceptors (Lipinski definition) is 6. The second kappa shape index (κ2) is 6.46. The predicted molar refractivity (Wildman–Crippen MR) is 84.6 cm³/mol. The lowest BCUT2D eigenvalue weighted by Gasteiger charge is -2.23. The normalized spacial score (nSPS) is 17.5. The highest BCUT2D eigenvalue weighted by Gasteiger charge is 2.32. The molecule has 0 bridgehead atoms. The van der Waals surface area contributed by atoms with Crippen LogP contribution in [0, 0.1) is 0 Å². The van der Waals surface area contributed by atoms with Crippen LogP contribution >= 0.6 is 0 Å². The number of rotatable bonds is 6. The van der Waals surface area contributed by atoms with E-state index in [4.69, 9.17) is 15.2 Å². The van der Waals surface area contributed by atoms with Crippen LogP contribution in [0.5, 0.6) is 5.75 Å². The summed E-state index contributed by atoms with van der Waals surface area (Å²) in [6.45, 7) is 5.57. The molecule has 0 aromatic heterocycles. The third-order valence-electron chi connectivity index (χ3n) is 3.49. The number of carbonyl (C=O) groups is 1. The maximum absolute atomic E-state index is 12.4. The summed E-state index contributed by atoms with van der Waals surface area (Å²) in [6, 6.07) is 4.52. The van der Waals surface area contributed by atoms with E-state index in [1.165, 1.54) is 12.1 Å². The number of esters is 1. The van der Waals surface area contributed by atoms with Gasteiger partial charge in [0.1, 0.15) is 5.75 Å². The van der Waals surface area contributed by atoms with Gasteiger partial charge in [-0.1, -0.05) is 0 Å². The number of fused-ring (bicyclic) bond motifs is 1. The fourth-order valence-electron chi connectivity index (χ4n) is 2.22. The van der Waals surface area contributed by atoms with E-state index in [1.54, 1.807) is 26.8 Å². The van der Waals surface area contributed by atoms with Gasteiger partial charge in [0.05, 0.1) is 11.5 Å². The Kier molecular flexibility index (Phi) is 4.98. The van der Waals surface area contributed by atoms with Gasteiger partial charge in [0.25, 0.3) is 0 Å². The molecule has 1 aliphatic rings. The van der Waals surface area contributed by atoms with Crippen molar-refractivity contribution in [2.24, 2.45) is 5.73 Å². The van der Waals surface area contributed by atoms with Gasteiger partial charge in [-0.25, -0.2) is 17.9 Å². The second-order valence-corrected chi connectivity index (χ2v) is 7.71. The van der Waals surface area contributed by atoms with E-state index in [0.29, 0.717) is 11.3 Å². The molecular weight excluding hydrogens is 320 g/mol. The summed E-state index contributed by atoms with van der Waals surface area (Å²) in [6.07, 6.45) is -0.436. The molecule has 0 spiro atoms. The van der Waals surface area contributed by atoms with Crippen LogP contribution in [-0.2, 0) is 26.0 Å². The molecule has 1 atom stereocenters. The quantitative estimate of drug-likeness (QED) is 0.732. The minimum absolute atomic E-state index is 0.117. The Morgan fingerprint density at radius 3 is 2.78 bits per heavy atom. The highest BCUT2D eigenvalue weighted by molar-refractivity contribution is 7.89. The summed E-state index contributed by atoms with van der Waals surface area (Å²) in [7, 11) is -3.70. The first kappa shape index (κ1) is 17.7. The topological polar surface area (TPSA) is 108 Å². The smallest absolute Gasteiger partial charge is 0.347 e. The van der Waals surface area contributed by atoms with Crippen LogP contribution in [0.4, 0.5) is 0 Å². The molecule has 7 nitrogen and oxygen atoms in total. The SMILES string of the molecule is CCOC(=O)C1Cc2cc(S(=O)(=O)NC(C)(C)CN)ccc2O1. The van der Waals surface area contributed by atoms with Crippen molar-refractivity contribution in [3.05, 3.63) is 23.8 Å². The van der Waals surface area contributed by atoms with Crippen LogP contribution in [0.15, 0.2) is 23.1 Å². The minimum atomic E-state index is -3.70. The van der Waals surface area contributed by atoms with Crippen LogP contribution in [-0.4, -0.2) is 39.2 Å². The maximum atomic E-state index is 12.4. The van der Waals surface area contributed by atoms with Crippen molar-refractivity contribution in [2.75, 3.05) is 13.2 Å². The third-order valence-corrected chi connectivity index (χ3v) is 5.18. The van der Waals surface area contributed by atoms with Crippen molar-refractivity contribution in [3.8, 4) is 5.75 Å². The average molecular weight is 342 g/mol. The molecule has 1 aliphatic heterocycles. The van der Waals surface area contributed by atoms with Crippen LogP contribution < -0.4 is 15.2 Å². The summed E-state index contributed by atoms with van der Waals surface area (Å²) in [4.78, 5) is 11.8. The van der Waals surface area contributed by atoms with Crippen LogP contribution in [0.3, 0.4) is 0 Å². The van der Waals surface area contributed by atoms with Crippen molar-refractivity contribution in [3.63, 3.8) is 0 Å². The van der Waals surface area contributed by atoms with E-state index >= 15 is 0 Å². The van der Waals surface area contributed by atoms with Crippen molar-refractivity contribution in [1.82, 2.24) is 4.72 Å². The molecule has 1 unspecified atom stereocenters. The highest BCUT2D eigenvalue weighted by Crippen LogP contribution is 2.31. The Hall–Kier alpha value is -1.64. The summed E-state index contributed by atoms with van der Waals surface area (Å²) in [5.41, 5.74) is 5.48. The molecule has 0 radical (unpaired) electrons. The first-order chi connectivity index (χ1) is 10.7. The standard InChI is InChI=1S/C15H22N2O5S/c1-4-21-14(18)13-8-10-7-11(5-6-12(10)22-13)23(19,20)17-15(2,3)9-16/h5-7,13,17H,4,8-9,16H2,1-3H3. The number of ether oxygens (including phenoxy) is 2. The van der Waals surface area contributed by atoms with Gasteiger partial charge < -0.3 is 15.2 Å². The van der Waals surface area contributed by atoms with Gasteiger partial charge >= 0.3 is 5.97 Å². The summed E-state index contributed by atoms with van der Waals surface area (Å²) >= 11 is 0. The summed E-state index contributed by atoms with van der Waals surface area (Å²) in [5, 5.41) is 0. The molecule has 23 heavy (non-hydrogen) atoms. The predicted octanol–water partition coefficient (Wildman–Crippen LogP) is 0.569. The third kappa shape index (κ3) is 4.01. The lowest BCUT2D eigenvalue weighted by molar-refractivity contribution is -0.150. The number of benzene rings is 1. The van der Waals surface area contributed by atoms with Crippen LogP contribution in [0.2, 0.25) is 0 Å². The van der Waals surface area contributed by atoms with E-state index in [9.17, 15) is 13.2 Å². The zero-order valence-corrected chi connectivity index (χ0v) is 14.3. The molecule has 0 saturated heterocycles. The van der Waals surface area contributed by atoms with E-state index in [1.807, 2.05) is 0 Å². The van der Waals surface area contributed by atoms with Crippen LogP contribution in [0.25, 0.3) is 0 Å². The molecular formula is C15H22N2O5S. The lowest BCUT2D eigenvalue weighted by atomic mass is 10.1. The number of nitrogens with two attached hydrogens (primary N) is 1. The van der Waals surface area contributed by atoms with E-state index < -0.39 is 27.6 Å². The zero-order valence-electron chi connectivity index (χ0n) is 13.5. The summed E-state index contributed by atoms with van der Waals surface area (Å²) < 4.78 is 37.8. The number of sulfonamides is 1. The second-order valence-electron chi connectivity index (χ2n) is 6.03. The fraction of sp³-hybridized carbons (Fsp3) is 0.533. The Morgan fingerprint density at radius 2 is 2.17 bits per heavy atom. The number of carbonyl (C=O) groups excluding carboxylic acids is 1. The first-order valence-corrected chi connectivity index (χ1v) is 8.87. The number of hydrogen-bond donors (Lipinski definition) is 2. The molecule has 0 amide bonds. The summed E-state index contributed by atoms with van der Waals surface area (Å²) in [5.74, 6) is 0.0515. The Bertz CT molecular complexity index is 700. The molecule has 128 valence electrons. The first-order valence-electron chi connectivity index (χ1n) is 7.39. The van der Waals surface area contributed by atoms with Gasteiger partial charge in [0.15, 0.2) is 6.10 Å². The fourth-order valence-corrected chi connectivity index (χ4v) is 3.70. The minimum Gasteiger partial charge on any atom is -0.478 e. The molecule has 2 rings (SSSR count). The molecule has 0 aliphatic carbocycles. The van der Waals surface area contributed by atoms with Crippen molar-refractivity contribution in [1.29, 1.82) is 0 Å². The Balaban J connectivity index is 2.21. The molecule has 1 aromatic carbocycles. The molecule has 0 fully saturated rings. The monoisotopic (exact) mass is 342 g/mol. The van der Waals surface area contributed by atoms with Gasteiger partial charge in [-0.05, 0) is 44.5 Å². The van der Waals surface area contributed by atoms with Crippen molar-refractivity contribution < 1.29 is 22.7 Å². The van der Waals surface area contributed by atoms with E-state index in [2.05, 4.69) is 4.72 Å². The highest BCUT2D eigenvalue weighted by atomic mass is 32.2. The zero-order chi connectivity index (χ0) is 17.3. The van der Waals surface area contributed by atoms with Gasteiger partial charge in [-0.2, -0.15) is 0 Å². The molecule has 1 heterocycles. The van der Waals surface area contributed by atoms with Crippen molar-refractivity contribution >= 4 is 16.0 Å². The Morgan fingerprint density at radius 1 is 1.48 bits per heavy atom. The van der Waals surface area contributed by atoms with Crippen molar-refractivity contribution in [2.45, 2.75) is 43.7 Å². The maximum Gasteiger partial charge on any atom is 0.347 e. The van der Waals surface area contributed by atoms with Crippen LogP contribution in [0.1, 0.15) is 26.3 Å². The van der Waals surface area contributed by atoms with E-state index in [0.717, 1.165) is 0 Å². The van der Waals surface area contributed by atoms with Gasteiger partial charge in [0, 0.05) is 18.5 Å². The number of nitrogens with one attached hydrogen (secondary N) is 1. The molecule has 8 heteroatoms. The largest absolute Gasteiger partial charge is 0.478 e. The lowest BCUT2D eigenvalue weighted by Crippen LogP contribution is -2.48. The Labute approximate surface area is 136 Å². The average Bonchev–Trinajstić information content (AvgIpc) is 2.89. The molecule has 3 N–H and O–H groups in total. The molecule has 1 aromatic rings.